The number of piperidine rings is 1. The minimum absolute atomic E-state index is 0.0345. The summed E-state index contributed by atoms with van der Waals surface area (Å²) in [5.74, 6) is -2.70. The molecule has 7 rings (SSSR count). The molecule has 1 aromatic heterocycles. The fraction of sp³-hybridized carbons (Fsp3) is 0.308. The maximum Gasteiger partial charge on any atom is 0.264 e. The minimum atomic E-state index is -1.06. The van der Waals surface area contributed by atoms with Gasteiger partial charge in [0.2, 0.25) is 17.7 Å². The van der Waals surface area contributed by atoms with Crippen molar-refractivity contribution in [2.24, 2.45) is 0 Å². The van der Waals surface area contributed by atoms with Gasteiger partial charge in [0.1, 0.15) is 17.3 Å². The molecule has 0 bridgehead atoms. The van der Waals surface area contributed by atoms with Gasteiger partial charge in [0.25, 0.3) is 17.7 Å². The molecule has 4 aromatic rings. The summed E-state index contributed by atoms with van der Waals surface area (Å²) in [4.78, 5) is 87.1. The van der Waals surface area contributed by atoms with Gasteiger partial charge in [-0.1, -0.05) is 31.2 Å². The Morgan fingerprint density at radius 1 is 0.981 bits per heavy atom. The third kappa shape index (κ3) is 6.12. The van der Waals surface area contributed by atoms with Crippen LogP contribution in [0.25, 0.3) is 10.9 Å². The standard InChI is InChI=1S/C39H38N6O7/c1-3-7-30(46)41-33(27-20-22(2)25-11-6-15-40-34(25)35(27)48)23-8-4-9-24(21-23)37(50)44-18-16-43(17-19-44)28-12-5-10-26-32(28)39(52)45(38(26)51)29-13-14-31(47)42-36(29)49/h4-6,8-12,15,20-21,29,33,48H,3,7,13-14,16-19H2,1-2H3,(H,41,46)(H,42,47,49). The summed E-state index contributed by atoms with van der Waals surface area (Å²) in [5.41, 5.74) is 3.79. The maximum atomic E-state index is 13.9. The third-order valence-corrected chi connectivity index (χ3v) is 10.0. The molecular formula is C39H38N6O7. The Morgan fingerprint density at radius 2 is 1.75 bits per heavy atom. The van der Waals surface area contributed by atoms with E-state index in [9.17, 15) is 33.9 Å². The maximum absolute atomic E-state index is 13.9. The number of hydrogen-bond donors (Lipinski definition) is 3. The Morgan fingerprint density at radius 3 is 2.50 bits per heavy atom. The number of carbonyl (C=O) groups excluding carboxylic acids is 6. The molecule has 6 amide bonds. The van der Waals surface area contributed by atoms with E-state index in [2.05, 4.69) is 15.6 Å². The average Bonchev–Trinajstić information content (AvgIpc) is 3.41. The zero-order valence-electron chi connectivity index (χ0n) is 28.8. The highest BCUT2D eigenvalue weighted by molar-refractivity contribution is 6.25. The smallest absolute Gasteiger partial charge is 0.264 e. The predicted octanol–water partition coefficient (Wildman–Crippen LogP) is 3.62. The van der Waals surface area contributed by atoms with Gasteiger partial charge in [-0.3, -0.25) is 44.0 Å². The Bertz CT molecular complexity index is 2160. The van der Waals surface area contributed by atoms with E-state index in [0.29, 0.717) is 66.9 Å². The van der Waals surface area contributed by atoms with Gasteiger partial charge in [0.05, 0.1) is 22.9 Å². The molecule has 2 fully saturated rings. The van der Waals surface area contributed by atoms with Crippen molar-refractivity contribution >= 4 is 52.0 Å². The van der Waals surface area contributed by atoms with Gasteiger partial charge in [-0.15, -0.1) is 0 Å². The zero-order chi connectivity index (χ0) is 36.7. The van der Waals surface area contributed by atoms with E-state index in [-0.39, 0.29) is 41.5 Å². The molecule has 2 saturated heterocycles. The number of nitrogens with one attached hydrogen (secondary N) is 2. The molecule has 0 aliphatic carbocycles. The van der Waals surface area contributed by atoms with Crippen LogP contribution in [-0.4, -0.2) is 87.6 Å². The first-order valence-electron chi connectivity index (χ1n) is 17.4. The molecule has 4 heterocycles. The molecule has 52 heavy (non-hydrogen) atoms. The molecule has 0 spiro atoms. The van der Waals surface area contributed by atoms with Crippen molar-refractivity contribution in [2.75, 3.05) is 31.1 Å². The molecule has 2 atom stereocenters. The van der Waals surface area contributed by atoms with Crippen LogP contribution in [0.3, 0.4) is 0 Å². The third-order valence-electron chi connectivity index (χ3n) is 10.0. The number of imide groups is 2. The van der Waals surface area contributed by atoms with Crippen molar-refractivity contribution in [2.45, 2.75) is 51.6 Å². The quantitative estimate of drug-likeness (QED) is 0.232. The van der Waals surface area contributed by atoms with Crippen molar-refractivity contribution < 1.29 is 33.9 Å². The van der Waals surface area contributed by atoms with Crippen LogP contribution >= 0.6 is 0 Å². The first-order chi connectivity index (χ1) is 25.1. The number of nitrogens with zero attached hydrogens (tertiary/aromatic N) is 4. The second-order valence-electron chi connectivity index (χ2n) is 13.3. The van der Waals surface area contributed by atoms with Crippen LogP contribution in [0.15, 0.2) is 66.9 Å². The molecule has 0 radical (unpaired) electrons. The fourth-order valence-electron chi connectivity index (χ4n) is 7.39. The first-order valence-corrected chi connectivity index (χ1v) is 17.4. The normalized spacial score (nSPS) is 18.0. The van der Waals surface area contributed by atoms with Crippen LogP contribution in [0.2, 0.25) is 0 Å². The summed E-state index contributed by atoms with van der Waals surface area (Å²) < 4.78 is 0. The topological polar surface area (TPSA) is 169 Å². The fourth-order valence-corrected chi connectivity index (χ4v) is 7.39. The Labute approximate surface area is 299 Å². The number of aromatic nitrogens is 1. The number of hydrogen-bond acceptors (Lipinski definition) is 9. The van der Waals surface area contributed by atoms with Crippen LogP contribution in [0.5, 0.6) is 5.75 Å². The Kier molecular flexibility index (Phi) is 9.18. The number of phenols is 1. The van der Waals surface area contributed by atoms with E-state index in [0.717, 1.165) is 15.8 Å². The summed E-state index contributed by atoms with van der Waals surface area (Å²) in [5, 5.41) is 17.5. The van der Waals surface area contributed by atoms with Gasteiger partial charge in [0.15, 0.2) is 0 Å². The number of amides is 6. The first kappa shape index (κ1) is 34.3. The van der Waals surface area contributed by atoms with Gasteiger partial charge in [-0.2, -0.15) is 0 Å². The van der Waals surface area contributed by atoms with Crippen LogP contribution < -0.4 is 15.5 Å². The number of aryl methyl sites for hydroxylation is 1. The number of fused-ring (bicyclic) bond motifs is 2. The van der Waals surface area contributed by atoms with E-state index >= 15 is 0 Å². The van der Waals surface area contributed by atoms with Crippen molar-refractivity contribution in [3.8, 4) is 5.75 Å². The number of carbonyl (C=O) groups is 6. The molecule has 13 nitrogen and oxygen atoms in total. The van der Waals surface area contributed by atoms with Crippen molar-refractivity contribution in [1.82, 2.24) is 25.4 Å². The summed E-state index contributed by atoms with van der Waals surface area (Å²) in [6.45, 7) is 5.26. The Hall–Kier alpha value is -6.11. The second-order valence-corrected chi connectivity index (χ2v) is 13.3. The van der Waals surface area contributed by atoms with Crippen molar-refractivity contribution in [3.05, 3.63) is 100 Å². The lowest BCUT2D eigenvalue weighted by Gasteiger charge is -2.37. The summed E-state index contributed by atoms with van der Waals surface area (Å²) in [6.07, 6.45) is 2.64. The van der Waals surface area contributed by atoms with Gasteiger partial charge < -0.3 is 20.2 Å². The van der Waals surface area contributed by atoms with Crippen LogP contribution in [-0.2, 0) is 14.4 Å². The van der Waals surface area contributed by atoms with Crippen LogP contribution in [0.1, 0.15) is 86.4 Å². The molecule has 3 N–H and O–H groups in total. The molecule has 3 aliphatic heterocycles. The predicted molar refractivity (Wildman–Crippen MR) is 191 cm³/mol. The van der Waals surface area contributed by atoms with Gasteiger partial charge in [0, 0.05) is 61.7 Å². The van der Waals surface area contributed by atoms with Gasteiger partial charge >= 0.3 is 0 Å². The monoisotopic (exact) mass is 702 g/mol. The highest BCUT2D eigenvalue weighted by atomic mass is 16.3. The number of benzene rings is 3. The second kappa shape index (κ2) is 13.9. The van der Waals surface area contributed by atoms with E-state index < -0.39 is 35.7 Å². The lowest BCUT2D eigenvalue weighted by molar-refractivity contribution is -0.136. The zero-order valence-corrected chi connectivity index (χ0v) is 28.8. The molecule has 13 heteroatoms. The van der Waals surface area contributed by atoms with Crippen molar-refractivity contribution in [1.29, 1.82) is 0 Å². The lowest BCUT2D eigenvalue weighted by Crippen LogP contribution is -2.54. The highest BCUT2D eigenvalue weighted by Gasteiger charge is 2.46. The van der Waals surface area contributed by atoms with E-state index in [1.165, 1.54) is 0 Å². The number of phenolic OH excluding ortho intramolecular Hbond substituents is 1. The van der Waals surface area contributed by atoms with Crippen LogP contribution in [0.4, 0.5) is 5.69 Å². The van der Waals surface area contributed by atoms with E-state index in [1.54, 1.807) is 53.6 Å². The highest BCUT2D eigenvalue weighted by Crippen LogP contribution is 2.38. The SMILES string of the molecule is CCCC(=O)NC(c1cccc(C(=O)N2CCN(c3cccc4c3C(=O)N(C3CCC(=O)NC3=O)C4=O)CC2)c1)c1cc(C)c2cccnc2c1O. The van der Waals surface area contributed by atoms with Crippen LogP contribution in [0, 0.1) is 6.92 Å². The minimum Gasteiger partial charge on any atom is -0.505 e. The van der Waals surface area contributed by atoms with Crippen molar-refractivity contribution in [3.63, 3.8) is 0 Å². The summed E-state index contributed by atoms with van der Waals surface area (Å²) in [6, 6.07) is 15.7. The largest absolute Gasteiger partial charge is 0.505 e. The molecule has 3 aromatic carbocycles. The molecule has 3 aliphatic rings. The van der Waals surface area contributed by atoms with Gasteiger partial charge in [-0.05, 0) is 67.3 Å². The molecular weight excluding hydrogens is 664 g/mol. The molecule has 0 saturated carbocycles. The molecule has 2 unspecified atom stereocenters. The average molecular weight is 703 g/mol. The number of pyridine rings is 1. The number of piperazine rings is 1. The summed E-state index contributed by atoms with van der Waals surface area (Å²) >= 11 is 0. The molecule has 266 valence electrons. The van der Waals surface area contributed by atoms with E-state index in [4.69, 9.17) is 0 Å². The Balaban J connectivity index is 1.11. The lowest BCUT2D eigenvalue weighted by atomic mass is 9.92. The number of anilines is 1. The van der Waals surface area contributed by atoms with Gasteiger partial charge in [-0.25, -0.2) is 0 Å². The summed E-state index contributed by atoms with van der Waals surface area (Å²) in [7, 11) is 0. The number of rotatable bonds is 8. The number of aromatic hydroxyl groups is 1. The van der Waals surface area contributed by atoms with E-state index in [1.807, 2.05) is 36.9 Å².